The lowest BCUT2D eigenvalue weighted by molar-refractivity contribution is 0.0265. The van der Waals surface area contributed by atoms with Gasteiger partial charge in [0.1, 0.15) is 0 Å². The van der Waals surface area contributed by atoms with Crippen LogP contribution in [0.4, 0.5) is 0 Å². The van der Waals surface area contributed by atoms with Crippen LogP contribution in [0.3, 0.4) is 0 Å². The second-order valence-corrected chi connectivity index (χ2v) is 5.63. The number of aryl methyl sites for hydroxylation is 1. The largest absolute Gasteiger partial charge is 0.393 e. The van der Waals surface area contributed by atoms with Crippen molar-refractivity contribution in [2.45, 2.75) is 25.9 Å². The normalized spacial score (nSPS) is 22.4. The molecule has 0 aromatic heterocycles. The molecular formula is C14H18ClNO2. The number of hydrogen-bond acceptors (Lipinski definition) is 2. The number of aliphatic hydroxyl groups is 1. The number of carbonyl (C=O) groups is 1. The van der Waals surface area contributed by atoms with Crippen LogP contribution >= 0.6 is 11.6 Å². The molecule has 1 saturated carbocycles. The number of benzene rings is 1. The van der Waals surface area contributed by atoms with Gasteiger partial charge in [-0.05, 0) is 49.4 Å². The van der Waals surface area contributed by atoms with Crippen molar-refractivity contribution in [1.82, 2.24) is 4.90 Å². The zero-order valence-electron chi connectivity index (χ0n) is 10.7. The van der Waals surface area contributed by atoms with Crippen LogP contribution < -0.4 is 0 Å². The molecule has 1 aromatic carbocycles. The molecule has 18 heavy (non-hydrogen) atoms. The van der Waals surface area contributed by atoms with E-state index in [4.69, 9.17) is 11.6 Å². The lowest BCUT2D eigenvalue weighted by atomic mass is 9.82. The quantitative estimate of drug-likeness (QED) is 0.914. The minimum absolute atomic E-state index is 0.0120. The molecule has 1 aliphatic carbocycles. The van der Waals surface area contributed by atoms with Crippen molar-refractivity contribution in [2.75, 3.05) is 13.6 Å². The van der Waals surface area contributed by atoms with Gasteiger partial charge in [0.25, 0.3) is 5.91 Å². The zero-order valence-corrected chi connectivity index (χ0v) is 11.4. The van der Waals surface area contributed by atoms with Gasteiger partial charge in [0, 0.05) is 24.2 Å². The highest BCUT2D eigenvalue weighted by atomic mass is 35.5. The van der Waals surface area contributed by atoms with E-state index in [0.717, 1.165) is 18.4 Å². The fourth-order valence-electron chi connectivity index (χ4n) is 2.40. The van der Waals surface area contributed by atoms with Crippen molar-refractivity contribution in [3.63, 3.8) is 0 Å². The van der Waals surface area contributed by atoms with Crippen LogP contribution in [0.25, 0.3) is 0 Å². The third-order valence-corrected chi connectivity index (χ3v) is 3.60. The fraction of sp³-hybridized carbons (Fsp3) is 0.500. The molecule has 1 fully saturated rings. The molecule has 1 aliphatic rings. The van der Waals surface area contributed by atoms with E-state index < -0.39 is 0 Å². The first-order valence-electron chi connectivity index (χ1n) is 6.16. The molecule has 4 heteroatoms. The number of rotatable bonds is 3. The number of carbonyl (C=O) groups excluding carboxylic acids is 1. The predicted octanol–water partition coefficient (Wildman–Crippen LogP) is 2.49. The molecule has 0 unspecified atom stereocenters. The first-order valence-corrected chi connectivity index (χ1v) is 6.54. The lowest BCUT2D eigenvalue weighted by Crippen LogP contribution is -2.39. The maximum absolute atomic E-state index is 12.2. The second-order valence-electron chi connectivity index (χ2n) is 5.19. The number of nitrogens with zero attached hydrogens (tertiary/aromatic N) is 1. The summed E-state index contributed by atoms with van der Waals surface area (Å²) in [6.07, 6.45) is 1.42. The summed E-state index contributed by atoms with van der Waals surface area (Å²) in [5.74, 6) is 0.413. The number of aliphatic hydroxyl groups excluding tert-OH is 1. The van der Waals surface area contributed by atoms with E-state index in [1.165, 1.54) is 0 Å². The molecule has 0 spiro atoms. The summed E-state index contributed by atoms with van der Waals surface area (Å²) in [6, 6.07) is 5.38. The van der Waals surface area contributed by atoms with Gasteiger partial charge < -0.3 is 10.0 Å². The van der Waals surface area contributed by atoms with Crippen molar-refractivity contribution >= 4 is 17.5 Å². The van der Waals surface area contributed by atoms with Gasteiger partial charge >= 0.3 is 0 Å². The molecular weight excluding hydrogens is 250 g/mol. The molecule has 0 radical (unpaired) electrons. The van der Waals surface area contributed by atoms with Crippen LogP contribution in [-0.2, 0) is 0 Å². The molecule has 0 atom stereocenters. The van der Waals surface area contributed by atoms with Crippen molar-refractivity contribution in [3.8, 4) is 0 Å². The van der Waals surface area contributed by atoms with E-state index in [9.17, 15) is 9.90 Å². The Balaban J connectivity index is 2.01. The highest BCUT2D eigenvalue weighted by molar-refractivity contribution is 6.31. The Morgan fingerprint density at radius 3 is 2.67 bits per heavy atom. The Morgan fingerprint density at radius 2 is 2.11 bits per heavy atom. The van der Waals surface area contributed by atoms with Crippen LogP contribution in [0, 0.1) is 12.8 Å². The summed E-state index contributed by atoms with van der Waals surface area (Å²) < 4.78 is 0. The van der Waals surface area contributed by atoms with Crippen LogP contribution in [0.15, 0.2) is 18.2 Å². The molecule has 0 bridgehead atoms. The predicted molar refractivity (Wildman–Crippen MR) is 71.9 cm³/mol. The van der Waals surface area contributed by atoms with Crippen LogP contribution in [-0.4, -0.2) is 35.6 Å². The molecule has 1 aromatic rings. The maximum Gasteiger partial charge on any atom is 0.253 e. The second kappa shape index (κ2) is 5.29. The summed E-state index contributed by atoms with van der Waals surface area (Å²) in [5.41, 5.74) is 1.61. The van der Waals surface area contributed by atoms with E-state index in [2.05, 4.69) is 0 Å². The van der Waals surface area contributed by atoms with Crippen molar-refractivity contribution < 1.29 is 9.90 Å². The average Bonchev–Trinajstić information content (AvgIpc) is 2.24. The first kappa shape index (κ1) is 13.4. The Kier molecular flexibility index (Phi) is 3.93. The van der Waals surface area contributed by atoms with E-state index in [1.807, 2.05) is 19.1 Å². The van der Waals surface area contributed by atoms with Crippen LogP contribution in [0.5, 0.6) is 0 Å². The monoisotopic (exact) mass is 267 g/mol. The standard InChI is InChI=1S/C14H18ClNO2/c1-9-3-11(7-12(15)4-9)14(18)16(2)8-10-5-13(17)6-10/h3-4,7,10,13,17H,5-6,8H2,1-2H3. The summed E-state index contributed by atoms with van der Waals surface area (Å²) >= 11 is 5.96. The number of hydrogen-bond donors (Lipinski definition) is 1. The topological polar surface area (TPSA) is 40.5 Å². The highest BCUT2D eigenvalue weighted by Crippen LogP contribution is 2.28. The van der Waals surface area contributed by atoms with Gasteiger partial charge in [-0.15, -0.1) is 0 Å². The smallest absolute Gasteiger partial charge is 0.253 e. The van der Waals surface area contributed by atoms with E-state index in [1.54, 1.807) is 18.0 Å². The van der Waals surface area contributed by atoms with Gasteiger partial charge in [-0.1, -0.05) is 11.6 Å². The lowest BCUT2D eigenvalue weighted by Gasteiger charge is -2.34. The molecule has 2 rings (SSSR count). The minimum atomic E-state index is -0.174. The third-order valence-electron chi connectivity index (χ3n) is 3.38. The van der Waals surface area contributed by atoms with Crippen molar-refractivity contribution in [2.24, 2.45) is 5.92 Å². The maximum atomic E-state index is 12.2. The van der Waals surface area contributed by atoms with Gasteiger partial charge in [0.05, 0.1) is 6.10 Å². The van der Waals surface area contributed by atoms with Crippen molar-refractivity contribution in [1.29, 1.82) is 0 Å². The Hall–Kier alpha value is -1.06. The first-order chi connectivity index (χ1) is 8.45. The van der Waals surface area contributed by atoms with E-state index in [-0.39, 0.29) is 12.0 Å². The van der Waals surface area contributed by atoms with Crippen LogP contribution in [0.1, 0.15) is 28.8 Å². The Labute approximate surface area is 112 Å². The highest BCUT2D eigenvalue weighted by Gasteiger charge is 2.29. The summed E-state index contributed by atoms with van der Waals surface area (Å²) in [7, 11) is 1.79. The molecule has 1 N–H and O–H groups in total. The Bertz CT molecular complexity index is 435. The van der Waals surface area contributed by atoms with Crippen molar-refractivity contribution in [3.05, 3.63) is 34.3 Å². The average molecular weight is 268 g/mol. The summed E-state index contributed by atoms with van der Waals surface area (Å²) in [5, 5.41) is 9.83. The van der Waals surface area contributed by atoms with Gasteiger partial charge in [-0.25, -0.2) is 0 Å². The molecule has 3 nitrogen and oxygen atoms in total. The van der Waals surface area contributed by atoms with Gasteiger partial charge in [-0.3, -0.25) is 4.79 Å². The third kappa shape index (κ3) is 3.03. The fourth-order valence-corrected chi connectivity index (χ4v) is 2.69. The van der Waals surface area contributed by atoms with E-state index in [0.29, 0.717) is 23.0 Å². The SMILES string of the molecule is Cc1cc(Cl)cc(C(=O)N(C)CC2CC(O)C2)c1. The van der Waals surface area contributed by atoms with E-state index >= 15 is 0 Å². The molecule has 98 valence electrons. The minimum Gasteiger partial charge on any atom is -0.393 e. The summed E-state index contributed by atoms with van der Waals surface area (Å²) in [4.78, 5) is 13.9. The van der Waals surface area contributed by atoms with Crippen LogP contribution in [0.2, 0.25) is 5.02 Å². The Morgan fingerprint density at radius 1 is 1.44 bits per heavy atom. The molecule has 0 heterocycles. The zero-order chi connectivity index (χ0) is 13.3. The number of halogens is 1. The molecule has 0 aliphatic heterocycles. The molecule has 1 amide bonds. The van der Waals surface area contributed by atoms with Gasteiger partial charge in [0.15, 0.2) is 0 Å². The van der Waals surface area contributed by atoms with Gasteiger partial charge in [0.2, 0.25) is 0 Å². The van der Waals surface area contributed by atoms with Gasteiger partial charge in [-0.2, -0.15) is 0 Å². The molecule has 0 saturated heterocycles. The summed E-state index contributed by atoms with van der Waals surface area (Å²) in [6.45, 7) is 2.62. The number of amides is 1.